The van der Waals surface area contributed by atoms with Crippen LogP contribution in [0.2, 0.25) is 5.02 Å². The molecule has 1 nitrogen and oxygen atoms in total. The molecule has 0 fully saturated rings. The van der Waals surface area contributed by atoms with Crippen molar-refractivity contribution in [3.8, 4) is 0 Å². The Morgan fingerprint density at radius 3 is 2.26 bits per heavy atom. The highest BCUT2D eigenvalue weighted by atomic mass is 79.9. The van der Waals surface area contributed by atoms with E-state index in [1.165, 1.54) is 25.1 Å². The summed E-state index contributed by atoms with van der Waals surface area (Å²) in [5, 5.41) is 0.349. The molecule has 5 heteroatoms. The molecule has 0 bridgehead atoms. The topological polar surface area (TPSA) is 26.0 Å². The number of nitrogens with two attached hydrogens (primary N) is 1. The Kier molecular flexibility index (Phi) is 3.95. The minimum absolute atomic E-state index is 0.195. The molecule has 0 radical (unpaired) electrons. The van der Waals surface area contributed by atoms with E-state index < -0.39 is 17.2 Å². The van der Waals surface area contributed by atoms with E-state index in [2.05, 4.69) is 15.9 Å². The lowest BCUT2D eigenvalue weighted by Gasteiger charge is -2.27. The van der Waals surface area contributed by atoms with Gasteiger partial charge in [0, 0.05) is 15.1 Å². The lowest BCUT2D eigenvalue weighted by molar-refractivity contribution is 0.482. The molecule has 0 aliphatic rings. The molecule has 0 spiro atoms. The Balaban J connectivity index is 2.65. The smallest absolute Gasteiger partial charge is 0.131 e. The average molecular weight is 347 g/mol. The van der Waals surface area contributed by atoms with Crippen LogP contribution < -0.4 is 5.73 Å². The molecular weight excluding hydrogens is 336 g/mol. The Morgan fingerprint density at radius 1 is 1.16 bits per heavy atom. The predicted octanol–water partition coefficient (Wildman–Crippen LogP) is 4.60. The summed E-state index contributed by atoms with van der Waals surface area (Å²) in [6, 6.07) is 8.67. The number of halogens is 4. The van der Waals surface area contributed by atoms with Gasteiger partial charge in [0.05, 0.1) is 5.54 Å². The molecule has 19 heavy (non-hydrogen) atoms. The first-order chi connectivity index (χ1) is 8.84. The first-order valence-electron chi connectivity index (χ1n) is 5.53. The summed E-state index contributed by atoms with van der Waals surface area (Å²) in [4.78, 5) is 0. The molecule has 1 unspecified atom stereocenters. The third kappa shape index (κ3) is 2.66. The van der Waals surface area contributed by atoms with Gasteiger partial charge in [0.25, 0.3) is 0 Å². The molecule has 0 aliphatic carbocycles. The van der Waals surface area contributed by atoms with Crippen LogP contribution in [0.25, 0.3) is 0 Å². The van der Waals surface area contributed by atoms with Gasteiger partial charge in [0.2, 0.25) is 0 Å². The number of hydrogen-bond donors (Lipinski definition) is 1. The van der Waals surface area contributed by atoms with Crippen LogP contribution >= 0.6 is 27.5 Å². The summed E-state index contributed by atoms with van der Waals surface area (Å²) < 4.78 is 28.5. The monoisotopic (exact) mass is 345 g/mol. The fourth-order valence-corrected chi connectivity index (χ4v) is 2.91. The third-order valence-corrected chi connectivity index (χ3v) is 3.78. The maximum atomic E-state index is 13.9. The van der Waals surface area contributed by atoms with Crippen LogP contribution in [0.1, 0.15) is 18.1 Å². The molecule has 2 aromatic rings. The first-order valence-corrected chi connectivity index (χ1v) is 6.70. The van der Waals surface area contributed by atoms with Gasteiger partial charge < -0.3 is 5.73 Å². The van der Waals surface area contributed by atoms with Crippen molar-refractivity contribution in [2.24, 2.45) is 5.73 Å². The van der Waals surface area contributed by atoms with E-state index in [1.54, 1.807) is 18.2 Å². The van der Waals surface area contributed by atoms with Crippen molar-refractivity contribution in [2.45, 2.75) is 12.5 Å². The average Bonchev–Trinajstić information content (AvgIpc) is 2.27. The van der Waals surface area contributed by atoms with E-state index in [4.69, 9.17) is 17.3 Å². The Labute approximate surface area is 123 Å². The molecule has 0 amide bonds. The highest BCUT2D eigenvalue weighted by Crippen LogP contribution is 2.35. The second-order valence-electron chi connectivity index (χ2n) is 4.42. The van der Waals surface area contributed by atoms with Crippen molar-refractivity contribution in [3.05, 3.63) is 68.7 Å². The van der Waals surface area contributed by atoms with Gasteiger partial charge in [-0.3, -0.25) is 0 Å². The molecule has 100 valence electrons. The zero-order chi connectivity index (χ0) is 14.2. The minimum atomic E-state index is -1.35. The van der Waals surface area contributed by atoms with Gasteiger partial charge in [-0.15, -0.1) is 0 Å². The SMILES string of the molecule is CC(N)(c1ccc(Br)cc1Cl)c1c(F)cccc1F. The van der Waals surface area contributed by atoms with Gasteiger partial charge in [0.15, 0.2) is 0 Å². The van der Waals surface area contributed by atoms with Gasteiger partial charge in [-0.25, -0.2) is 8.78 Å². The van der Waals surface area contributed by atoms with E-state index in [-0.39, 0.29) is 5.56 Å². The van der Waals surface area contributed by atoms with E-state index >= 15 is 0 Å². The largest absolute Gasteiger partial charge is 0.318 e. The van der Waals surface area contributed by atoms with Crippen LogP contribution in [-0.2, 0) is 5.54 Å². The number of rotatable bonds is 2. The van der Waals surface area contributed by atoms with Crippen LogP contribution in [0.15, 0.2) is 40.9 Å². The summed E-state index contributed by atoms with van der Waals surface area (Å²) >= 11 is 9.39. The van der Waals surface area contributed by atoms with Crippen LogP contribution in [0.3, 0.4) is 0 Å². The Hall–Kier alpha value is -0.970. The fraction of sp³-hybridized carbons (Fsp3) is 0.143. The standard InChI is InChI=1S/C14H11BrClF2N/c1-14(19,9-6-5-8(15)7-10(9)16)13-11(17)3-2-4-12(13)18/h2-7H,19H2,1H3. The van der Waals surface area contributed by atoms with E-state index in [0.29, 0.717) is 10.6 Å². The lowest BCUT2D eigenvalue weighted by Crippen LogP contribution is -2.36. The van der Waals surface area contributed by atoms with Crippen LogP contribution in [0.5, 0.6) is 0 Å². The quantitative estimate of drug-likeness (QED) is 0.845. The molecule has 0 heterocycles. The summed E-state index contributed by atoms with van der Waals surface area (Å²) in [6.07, 6.45) is 0. The maximum Gasteiger partial charge on any atom is 0.131 e. The molecule has 2 N–H and O–H groups in total. The molecule has 0 saturated heterocycles. The zero-order valence-corrected chi connectivity index (χ0v) is 12.4. The lowest BCUT2D eigenvalue weighted by atomic mass is 9.85. The van der Waals surface area contributed by atoms with Gasteiger partial charge in [-0.1, -0.05) is 39.7 Å². The van der Waals surface area contributed by atoms with Crippen molar-refractivity contribution in [2.75, 3.05) is 0 Å². The van der Waals surface area contributed by atoms with Crippen LogP contribution in [-0.4, -0.2) is 0 Å². The molecule has 0 aromatic heterocycles. The normalized spacial score (nSPS) is 14.2. The summed E-state index contributed by atoms with van der Waals surface area (Å²) in [6.45, 7) is 1.53. The zero-order valence-electron chi connectivity index (χ0n) is 10.1. The highest BCUT2D eigenvalue weighted by Gasteiger charge is 2.32. The summed E-state index contributed by atoms with van der Waals surface area (Å²) in [5.41, 5.74) is 5.04. The van der Waals surface area contributed by atoms with Crippen molar-refractivity contribution in [3.63, 3.8) is 0 Å². The third-order valence-electron chi connectivity index (χ3n) is 2.97. The van der Waals surface area contributed by atoms with Crippen molar-refractivity contribution in [1.82, 2.24) is 0 Å². The van der Waals surface area contributed by atoms with Crippen LogP contribution in [0.4, 0.5) is 8.78 Å². The van der Waals surface area contributed by atoms with Crippen molar-refractivity contribution < 1.29 is 8.78 Å². The molecule has 1 atom stereocenters. The van der Waals surface area contributed by atoms with Gasteiger partial charge in [-0.2, -0.15) is 0 Å². The maximum absolute atomic E-state index is 13.9. The second kappa shape index (κ2) is 5.19. The molecular formula is C14H11BrClF2N. The van der Waals surface area contributed by atoms with E-state index in [0.717, 1.165) is 4.47 Å². The van der Waals surface area contributed by atoms with E-state index in [1.807, 2.05) is 0 Å². The molecule has 0 aliphatic heterocycles. The molecule has 2 rings (SSSR count). The molecule has 2 aromatic carbocycles. The summed E-state index contributed by atoms with van der Waals surface area (Å²) in [7, 11) is 0. The van der Waals surface area contributed by atoms with Crippen LogP contribution in [0, 0.1) is 11.6 Å². The first kappa shape index (κ1) is 14.4. The Bertz CT molecular complexity index is 609. The van der Waals surface area contributed by atoms with E-state index in [9.17, 15) is 8.78 Å². The van der Waals surface area contributed by atoms with Gasteiger partial charge in [0.1, 0.15) is 11.6 Å². The predicted molar refractivity (Wildman–Crippen MR) is 76.2 cm³/mol. The summed E-state index contributed by atoms with van der Waals surface area (Å²) in [5.74, 6) is -1.38. The number of benzene rings is 2. The minimum Gasteiger partial charge on any atom is -0.318 e. The second-order valence-corrected chi connectivity index (χ2v) is 5.75. The van der Waals surface area contributed by atoms with Crippen molar-refractivity contribution in [1.29, 1.82) is 0 Å². The van der Waals surface area contributed by atoms with Crippen molar-refractivity contribution >= 4 is 27.5 Å². The Morgan fingerprint density at radius 2 is 1.74 bits per heavy atom. The molecule has 0 saturated carbocycles. The number of hydrogen-bond acceptors (Lipinski definition) is 1. The highest BCUT2D eigenvalue weighted by molar-refractivity contribution is 9.10. The van der Waals surface area contributed by atoms with Gasteiger partial charge >= 0.3 is 0 Å². The van der Waals surface area contributed by atoms with Gasteiger partial charge in [-0.05, 0) is 36.8 Å². The fourth-order valence-electron chi connectivity index (χ4n) is 2.04.